The van der Waals surface area contributed by atoms with Crippen LogP contribution >= 0.6 is 0 Å². The van der Waals surface area contributed by atoms with Gasteiger partial charge in [0, 0.05) is 0 Å². The number of hydrogen-bond acceptors (Lipinski definition) is 1. The Morgan fingerprint density at radius 2 is 2.22 bits per heavy atom. The molecule has 54 valence electrons. The van der Waals surface area contributed by atoms with E-state index in [1.165, 1.54) is 6.42 Å². The van der Waals surface area contributed by atoms with Crippen molar-refractivity contribution in [1.29, 1.82) is 0 Å². The lowest BCUT2D eigenvalue weighted by Crippen LogP contribution is -1.95. The van der Waals surface area contributed by atoms with Gasteiger partial charge in [-0.05, 0) is 18.9 Å². The minimum Gasteiger partial charge on any atom is -0.330 e. The van der Waals surface area contributed by atoms with Crippen molar-refractivity contribution in [3.63, 3.8) is 0 Å². The molecule has 0 amide bonds. The zero-order chi connectivity index (χ0) is 7.11. The summed E-state index contributed by atoms with van der Waals surface area (Å²) in [4.78, 5) is 0. The summed E-state index contributed by atoms with van der Waals surface area (Å²) in [5.41, 5.74) is 5.30. The van der Waals surface area contributed by atoms with Crippen LogP contribution in [0.2, 0.25) is 0 Å². The van der Waals surface area contributed by atoms with Gasteiger partial charge >= 0.3 is 0 Å². The van der Waals surface area contributed by atoms with Crippen molar-refractivity contribution in [1.82, 2.24) is 0 Å². The molecule has 0 heterocycles. The molecule has 1 atom stereocenters. The van der Waals surface area contributed by atoms with E-state index in [0.29, 0.717) is 0 Å². The molecule has 1 heteroatoms. The van der Waals surface area contributed by atoms with E-state index in [1.54, 1.807) is 0 Å². The Morgan fingerprint density at radius 3 is 2.67 bits per heavy atom. The van der Waals surface area contributed by atoms with Crippen LogP contribution in [0.4, 0.5) is 0 Å². The lowest BCUT2D eigenvalue weighted by atomic mass is 10.1. The summed E-state index contributed by atoms with van der Waals surface area (Å²) in [5.74, 6) is 0.719. The SMILES string of the molecule is CCC(C)C=CCCN. The minimum atomic E-state index is 0.719. The molecular formula is C8H17N. The molecule has 0 rings (SSSR count). The first-order valence-corrected chi connectivity index (χ1v) is 3.68. The highest BCUT2D eigenvalue weighted by atomic mass is 14.5. The molecule has 0 aromatic rings. The molecule has 0 aromatic heterocycles. The number of allylic oxidation sites excluding steroid dienone is 1. The second-order valence-corrected chi connectivity index (χ2v) is 2.39. The van der Waals surface area contributed by atoms with Crippen LogP contribution in [0.1, 0.15) is 26.7 Å². The first-order valence-electron chi connectivity index (χ1n) is 3.68. The Balaban J connectivity index is 3.20. The minimum absolute atomic E-state index is 0.719. The number of rotatable bonds is 4. The Labute approximate surface area is 57.9 Å². The van der Waals surface area contributed by atoms with Crippen molar-refractivity contribution in [2.75, 3.05) is 6.54 Å². The third-order valence-electron chi connectivity index (χ3n) is 1.44. The van der Waals surface area contributed by atoms with Crippen LogP contribution in [-0.4, -0.2) is 6.54 Å². The third-order valence-corrected chi connectivity index (χ3v) is 1.44. The molecule has 0 saturated heterocycles. The van der Waals surface area contributed by atoms with Crippen molar-refractivity contribution in [2.24, 2.45) is 11.7 Å². The first-order chi connectivity index (χ1) is 4.31. The predicted octanol–water partition coefficient (Wildman–Crippen LogP) is 1.94. The molecule has 0 radical (unpaired) electrons. The third kappa shape index (κ3) is 5.57. The molecule has 0 spiro atoms. The van der Waals surface area contributed by atoms with Crippen molar-refractivity contribution >= 4 is 0 Å². The van der Waals surface area contributed by atoms with Gasteiger partial charge in [0.05, 0.1) is 0 Å². The fourth-order valence-electron chi connectivity index (χ4n) is 0.561. The molecule has 1 nitrogen and oxygen atoms in total. The standard InChI is InChI=1S/C8H17N/c1-3-8(2)6-4-5-7-9/h4,6,8H,3,5,7,9H2,1-2H3. The molecule has 1 unspecified atom stereocenters. The van der Waals surface area contributed by atoms with E-state index in [1.807, 2.05) is 0 Å². The molecule has 0 aliphatic heterocycles. The van der Waals surface area contributed by atoms with Crippen LogP contribution < -0.4 is 5.73 Å². The molecule has 0 fully saturated rings. The summed E-state index contributed by atoms with van der Waals surface area (Å²) in [7, 11) is 0. The molecular weight excluding hydrogens is 110 g/mol. The van der Waals surface area contributed by atoms with Gasteiger partial charge < -0.3 is 5.73 Å². The van der Waals surface area contributed by atoms with Crippen molar-refractivity contribution < 1.29 is 0 Å². The summed E-state index contributed by atoms with van der Waals surface area (Å²) in [6.45, 7) is 5.18. The van der Waals surface area contributed by atoms with Crippen LogP contribution in [0.3, 0.4) is 0 Å². The smallest absolute Gasteiger partial charge is 0.00426 e. The largest absolute Gasteiger partial charge is 0.330 e. The van der Waals surface area contributed by atoms with Gasteiger partial charge in [-0.1, -0.05) is 32.4 Å². The number of hydrogen-bond donors (Lipinski definition) is 1. The van der Waals surface area contributed by atoms with Gasteiger partial charge in [0.15, 0.2) is 0 Å². The van der Waals surface area contributed by atoms with Crippen molar-refractivity contribution in [3.05, 3.63) is 12.2 Å². The van der Waals surface area contributed by atoms with E-state index in [2.05, 4.69) is 26.0 Å². The van der Waals surface area contributed by atoms with Gasteiger partial charge in [-0.3, -0.25) is 0 Å². The normalized spacial score (nSPS) is 14.6. The van der Waals surface area contributed by atoms with Gasteiger partial charge in [0.2, 0.25) is 0 Å². The topological polar surface area (TPSA) is 26.0 Å². The Bertz CT molecular complexity index is 76.6. The van der Waals surface area contributed by atoms with Gasteiger partial charge in [0.25, 0.3) is 0 Å². The van der Waals surface area contributed by atoms with Crippen LogP contribution in [-0.2, 0) is 0 Å². The maximum absolute atomic E-state index is 5.30. The van der Waals surface area contributed by atoms with Crippen molar-refractivity contribution in [2.45, 2.75) is 26.7 Å². The Hall–Kier alpha value is -0.300. The maximum atomic E-state index is 5.30. The highest BCUT2D eigenvalue weighted by Gasteiger charge is 1.87. The van der Waals surface area contributed by atoms with E-state index < -0.39 is 0 Å². The van der Waals surface area contributed by atoms with Gasteiger partial charge in [-0.25, -0.2) is 0 Å². The Kier molecular flexibility index (Phi) is 5.64. The molecule has 0 aliphatic rings. The van der Waals surface area contributed by atoms with Crippen LogP contribution in [0.5, 0.6) is 0 Å². The number of nitrogens with two attached hydrogens (primary N) is 1. The van der Waals surface area contributed by atoms with Gasteiger partial charge in [-0.2, -0.15) is 0 Å². The van der Waals surface area contributed by atoms with Crippen LogP contribution in [0.15, 0.2) is 12.2 Å². The second kappa shape index (κ2) is 5.83. The highest BCUT2D eigenvalue weighted by molar-refractivity contribution is 4.85. The Morgan fingerprint density at radius 1 is 1.56 bits per heavy atom. The summed E-state index contributed by atoms with van der Waals surface area (Å²) in [5, 5.41) is 0. The zero-order valence-electron chi connectivity index (χ0n) is 6.43. The van der Waals surface area contributed by atoms with E-state index in [4.69, 9.17) is 5.73 Å². The van der Waals surface area contributed by atoms with Crippen LogP contribution in [0, 0.1) is 5.92 Å². The van der Waals surface area contributed by atoms with E-state index in [9.17, 15) is 0 Å². The average Bonchev–Trinajstić information content (AvgIpc) is 1.89. The van der Waals surface area contributed by atoms with Crippen molar-refractivity contribution in [3.8, 4) is 0 Å². The second-order valence-electron chi connectivity index (χ2n) is 2.39. The lowest BCUT2D eigenvalue weighted by molar-refractivity contribution is 0.695. The maximum Gasteiger partial charge on any atom is -0.00426 e. The summed E-state index contributed by atoms with van der Waals surface area (Å²) < 4.78 is 0. The van der Waals surface area contributed by atoms with E-state index in [-0.39, 0.29) is 0 Å². The lowest BCUT2D eigenvalue weighted by Gasteiger charge is -1.97. The summed E-state index contributed by atoms with van der Waals surface area (Å²) >= 11 is 0. The summed E-state index contributed by atoms with van der Waals surface area (Å²) in [6.07, 6.45) is 6.63. The average molecular weight is 127 g/mol. The molecule has 0 bridgehead atoms. The first kappa shape index (κ1) is 8.70. The fourth-order valence-corrected chi connectivity index (χ4v) is 0.561. The monoisotopic (exact) mass is 127 g/mol. The predicted molar refractivity (Wildman–Crippen MR) is 42.3 cm³/mol. The fraction of sp³-hybridized carbons (Fsp3) is 0.750. The molecule has 2 N–H and O–H groups in total. The van der Waals surface area contributed by atoms with Gasteiger partial charge in [-0.15, -0.1) is 0 Å². The molecule has 0 aliphatic carbocycles. The summed E-state index contributed by atoms with van der Waals surface area (Å²) in [6, 6.07) is 0. The van der Waals surface area contributed by atoms with E-state index in [0.717, 1.165) is 18.9 Å². The molecule has 0 aromatic carbocycles. The van der Waals surface area contributed by atoms with E-state index >= 15 is 0 Å². The molecule has 0 saturated carbocycles. The quantitative estimate of drug-likeness (QED) is 0.574. The van der Waals surface area contributed by atoms with Gasteiger partial charge in [0.1, 0.15) is 0 Å². The molecule has 9 heavy (non-hydrogen) atoms. The zero-order valence-corrected chi connectivity index (χ0v) is 6.43. The highest BCUT2D eigenvalue weighted by Crippen LogP contribution is 2.01. The van der Waals surface area contributed by atoms with Crippen LogP contribution in [0.25, 0.3) is 0 Å².